The fraction of sp³-hybridized carbons (Fsp3) is 0.276. The largest absolute Gasteiger partial charge is 0.495 e. The van der Waals surface area contributed by atoms with Crippen LogP contribution in [0.4, 0.5) is 30.5 Å². The number of hydrogen-bond donors (Lipinski definition) is 2. The first-order valence-corrected chi connectivity index (χ1v) is 13.5. The maximum atomic E-state index is 13.7. The number of nitrogens with zero attached hydrogens (tertiary/aromatic N) is 4. The molecular weight excluding hydrogens is 601 g/mol. The molecule has 1 heterocycles. The summed E-state index contributed by atoms with van der Waals surface area (Å²) in [6.45, 7) is 1.37. The summed E-state index contributed by atoms with van der Waals surface area (Å²) in [5, 5.41) is 3.41. The van der Waals surface area contributed by atoms with Crippen molar-refractivity contribution >= 4 is 50.1 Å². The average Bonchev–Trinajstić information content (AvgIpc) is 2.91. The summed E-state index contributed by atoms with van der Waals surface area (Å²) in [7, 11) is 7.07. The lowest BCUT2D eigenvalue weighted by atomic mass is 10.0. The number of carbonyl (C=O) groups is 1. The highest BCUT2D eigenvalue weighted by atomic mass is 79.9. The van der Waals surface area contributed by atoms with Crippen molar-refractivity contribution in [2.45, 2.75) is 12.6 Å². The van der Waals surface area contributed by atoms with Crippen LogP contribution in [0.5, 0.6) is 5.75 Å². The molecule has 0 atom stereocenters. The molecule has 1 aromatic heterocycles. The van der Waals surface area contributed by atoms with E-state index in [0.29, 0.717) is 38.9 Å². The van der Waals surface area contributed by atoms with E-state index in [1.165, 1.54) is 13.2 Å². The Kier molecular flexibility index (Phi) is 9.03. The topological polar surface area (TPSA) is 96.6 Å². The molecule has 0 aliphatic carbocycles. The summed E-state index contributed by atoms with van der Waals surface area (Å²) in [6, 6.07) is 13.9. The maximum Gasteiger partial charge on any atom is 0.416 e. The molecule has 12 heteroatoms. The Labute approximate surface area is 244 Å². The van der Waals surface area contributed by atoms with E-state index in [4.69, 9.17) is 10.5 Å². The summed E-state index contributed by atoms with van der Waals surface area (Å²) >= 11 is 3.47. The summed E-state index contributed by atoms with van der Waals surface area (Å²) in [5.41, 5.74) is 7.32. The van der Waals surface area contributed by atoms with Crippen LogP contribution in [0.2, 0.25) is 0 Å². The summed E-state index contributed by atoms with van der Waals surface area (Å²) in [4.78, 5) is 26.2. The van der Waals surface area contributed by atoms with Gasteiger partial charge < -0.3 is 25.6 Å². The highest BCUT2D eigenvalue weighted by Crippen LogP contribution is 2.39. The van der Waals surface area contributed by atoms with Gasteiger partial charge in [0.05, 0.1) is 45.3 Å². The third kappa shape index (κ3) is 6.88. The van der Waals surface area contributed by atoms with Gasteiger partial charge in [0.15, 0.2) is 0 Å². The monoisotopic (exact) mass is 630 g/mol. The number of rotatable bonds is 9. The number of anilines is 3. The molecule has 41 heavy (non-hydrogen) atoms. The van der Waals surface area contributed by atoms with E-state index < -0.39 is 17.6 Å². The molecule has 0 saturated heterocycles. The number of fused-ring (bicyclic) bond motifs is 1. The van der Waals surface area contributed by atoms with Crippen LogP contribution in [-0.4, -0.2) is 62.1 Å². The zero-order valence-corrected chi connectivity index (χ0v) is 24.6. The quantitative estimate of drug-likeness (QED) is 0.224. The van der Waals surface area contributed by atoms with E-state index in [0.717, 1.165) is 25.1 Å². The highest BCUT2D eigenvalue weighted by molar-refractivity contribution is 9.10. The number of nitrogens with two attached hydrogens (primary N) is 1. The predicted molar refractivity (Wildman–Crippen MR) is 159 cm³/mol. The Morgan fingerprint density at radius 1 is 1.05 bits per heavy atom. The number of amides is 1. The van der Waals surface area contributed by atoms with E-state index in [-0.39, 0.29) is 22.9 Å². The van der Waals surface area contributed by atoms with E-state index in [1.54, 1.807) is 25.2 Å². The van der Waals surface area contributed by atoms with E-state index in [1.807, 2.05) is 42.1 Å². The lowest BCUT2D eigenvalue weighted by Gasteiger charge is -2.24. The zero-order chi connectivity index (χ0) is 29.9. The SMILES string of the molecule is COc1c(Br)cc(-c2nc(N)nc3ccccc23)cc1C(=O)Nc1cc(C(F)(F)F)ccc1N(C)CCCN(C)C. The molecule has 0 aliphatic rings. The van der Waals surface area contributed by atoms with Crippen LogP contribution in [-0.2, 0) is 6.18 Å². The molecule has 0 saturated carbocycles. The fourth-order valence-corrected chi connectivity index (χ4v) is 5.12. The minimum atomic E-state index is -4.59. The third-order valence-corrected chi connectivity index (χ3v) is 7.06. The number of hydrogen-bond acceptors (Lipinski definition) is 7. The Morgan fingerprint density at radius 2 is 1.78 bits per heavy atom. The zero-order valence-electron chi connectivity index (χ0n) is 23.0. The predicted octanol–water partition coefficient (Wildman–Crippen LogP) is 6.31. The number of aromatic nitrogens is 2. The highest BCUT2D eigenvalue weighted by Gasteiger charge is 2.32. The van der Waals surface area contributed by atoms with Crippen molar-refractivity contribution in [2.75, 3.05) is 57.3 Å². The van der Waals surface area contributed by atoms with Crippen LogP contribution >= 0.6 is 15.9 Å². The molecule has 0 spiro atoms. The second-order valence-electron chi connectivity index (χ2n) is 9.75. The van der Waals surface area contributed by atoms with Crippen molar-refractivity contribution in [2.24, 2.45) is 0 Å². The van der Waals surface area contributed by atoms with Crippen molar-refractivity contribution in [3.05, 3.63) is 70.2 Å². The molecule has 3 aromatic carbocycles. The Hall–Kier alpha value is -3.90. The molecule has 0 unspecified atom stereocenters. The van der Waals surface area contributed by atoms with Crippen LogP contribution in [0.25, 0.3) is 22.2 Å². The van der Waals surface area contributed by atoms with Crippen molar-refractivity contribution in [3.8, 4) is 17.0 Å². The van der Waals surface area contributed by atoms with Gasteiger partial charge in [-0.05, 0) is 79.4 Å². The van der Waals surface area contributed by atoms with Gasteiger partial charge >= 0.3 is 6.18 Å². The first kappa shape index (κ1) is 30.1. The average molecular weight is 631 g/mol. The number of para-hydroxylation sites is 1. The Balaban J connectivity index is 1.78. The number of halogens is 4. The molecule has 4 rings (SSSR count). The third-order valence-electron chi connectivity index (χ3n) is 6.47. The molecule has 0 radical (unpaired) electrons. The van der Waals surface area contributed by atoms with E-state index >= 15 is 0 Å². The lowest BCUT2D eigenvalue weighted by molar-refractivity contribution is -0.137. The standard InChI is InChI=1S/C29H30BrF3N6O2/c1-38(2)12-7-13-39(3)24-11-10-18(29(31,32)33)16-23(24)35-27(40)20-14-17(15-21(30)26(20)41-4)25-19-8-5-6-9-22(19)36-28(34)37-25/h5-6,8-11,14-16H,7,12-13H2,1-4H3,(H,35,40)(H2,34,36,37). The number of carbonyl (C=O) groups excluding carboxylic acids is 1. The first-order chi connectivity index (χ1) is 19.4. The molecule has 8 nitrogen and oxygen atoms in total. The van der Waals surface area contributed by atoms with Crippen molar-refractivity contribution < 1.29 is 22.7 Å². The lowest BCUT2D eigenvalue weighted by Crippen LogP contribution is -2.25. The van der Waals surface area contributed by atoms with Crippen LogP contribution < -0.4 is 20.7 Å². The number of methoxy groups -OCH3 is 1. The molecule has 4 aromatic rings. The fourth-order valence-electron chi connectivity index (χ4n) is 4.50. The van der Waals surface area contributed by atoms with Gasteiger partial charge in [0.1, 0.15) is 5.75 Å². The van der Waals surface area contributed by atoms with Gasteiger partial charge in [0, 0.05) is 24.5 Å². The maximum absolute atomic E-state index is 13.7. The minimum absolute atomic E-state index is 0.0255. The molecule has 0 bridgehead atoms. The second-order valence-corrected chi connectivity index (χ2v) is 10.6. The Bertz CT molecular complexity index is 1580. The molecule has 0 fully saturated rings. The number of nitrogens with one attached hydrogen (secondary N) is 1. The van der Waals surface area contributed by atoms with Gasteiger partial charge in [0.25, 0.3) is 5.91 Å². The summed E-state index contributed by atoms with van der Waals surface area (Å²) in [5.74, 6) is -0.383. The molecular formula is C29H30BrF3N6O2. The van der Waals surface area contributed by atoms with Crippen LogP contribution in [0.3, 0.4) is 0 Å². The normalized spacial score (nSPS) is 11.6. The smallest absolute Gasteiger partial charge is 0.416 e. The molecule has 1 amide bonds. The number of alkyl halides is 3. The number of ether oxygens (including phenoxy) is 1. The van der Waals surface area contributed by atoms with Crippen LogP contribution in [0.1, 0.15) is 22.3 Å². The molecule has 216 valence electrons. The summed E-state index contributed by atoms with van der Waals surface area (Å²) < 4.78 is 46.9. The van der Waals surface area contributed by atoms with Crippen LogP contribution in [0.15, 0.2) is 59.1 Å². The van der Waals surface area contributed by atoms with Gasteiger partial charge in [0.2, 0.25) is 5.95 Å². The van der Waals surface area contributed by atoms with Crippen molar-refractivity contribution in [3.63, 3.8) is 0 Å². The molecule has 0 aliphatic heterocycles. The van der Waals surface area contributed by atoms with Gasteiger partial charge in [-0.3, -0.25) is 4.79 Å². The van der Waals surface area contributed by atoms with E-state index in [2.05, 4.69) is 31.2 Å². The minimum Gasteiger partial charge on any atom is -0.495 e. The molecule has 3 N–H and O–H groups in total. The van der Waals surface area contributed by atoms with E-state index in [9.17, 15) is 18.0 Å². The van der Waals surface area contributed by atoms with Crippen LogP contribution in [0, 0.1) is 0 Å². The number of nitrogen functional groups attached to an aromatic ring is 1. The Morgan fingerprint density at radius 3 is 2.46 bits per heavy atom. The first-order valence-electron chi connectivity index (χ1n) is 12.7. The van der Waals surface area contributed by atoms with Gasteiger partial charge in [-0.2, -0.15) is 13.2 Å². The van der Waals surface area contributed by atoms with Gasteiger partial charge in [-0.15, -0.1) is 0 Å². The van der Waals surface area contributed by atoms with Crippen molar-refractivity contribution in [1.82, 2.24) is 14.9 Å². The second kappa shape index (κ2) is 12.3. The summed E-state index contributed by atoms with van der Waals surface area (Å²) in [6.07, 6.45) is -3.81. The van der Waals surface area contributed by atoms with Gasteiger partial charge in [-0.25, -0.2) is 9.97 Å². The number of benzene rings is 3. The van der Waals surface area contributed by atoms with Crippen molar-refractivity contribution in [1.29, 1.82) is 0 Å². The van der Waals surface area contributed by atoms with Gasteiger partial charge in [-0.1, -0.05) is 18.2 Å².